The van der Waals surface area contributed by atoms with E-state index < -0.39 is 5.82 Å². The van der Waals surface area contributed by atoms with Gasteiger partial charge < -0.3 is 10.6 Å². The van der Waals surface area contributed by atoms with Crippen molar-refractivity contribution in [3.8, 4) is 0 Å². The number of halogens is 2. The smallest absolute Gasteiger partial charge is 0.225 e. The summed E-state index contributed by atoms with van der Waals surface area (Å²) in [6, 6.07) is 4.15. The molecule has 23 heavy (non-hydrogen) atoms. The molecule has 5 nitrogen and oxygen atoms in total. The van der Waals surface area contributed by atoms with Gasteiger partial charge in [-0.05, 0) is 11.4 Å². The highest BCUT2D eigenvalue weighted by Crippen LogP contribution is 2.47. The van der Waals surface area contributed by atoms with Crippen molar-refractivity contribution in [2.24, 2.45) is 16.6 Å². The van der Waals surface area contributed by atoms with Crippen molar-refractivity contribution in [2.75, 3.05) is 23.7 Å². The minimum atomic E-state index is -0.425. The average Bonchev–Trinajstić information content (AvgIpc) is 3.15. The lowest BCUT2D eigenvalue weighted by molar-refractivity contribution is 0.395. The molecule has 2 aromatic rings. The van der Waals surface area contributed by atoms with Gasteiger partial charge in [-0.25, -0.2) is 19.4 Å². The van der Waals surface area contributed by atoms with E-state index in [1.54, 1.807) is 23.1 Å². The van der Waals surface area contributed by atoms with Gasteiger partial charge in [-0.2, -0.15) is 0 Å². The number of amidine groups is 1. The van der Waals surface area contributed by atoms with Crippen molar-refractivity contribution in [3.05, 3.63) is 40.6 Å². The van der Waals surface area contributed by atoms with Crippen LogP contribution in [0, 0.1) is 11.7 Å². The van der Waals surface area contributed by atoms with Crippen LogP contribution in [0.3, 0.4) is 0 Å². The van der Waals surface area contributed by atoms with Crippen molar-refractivity contribution < 1.29 is 4.39 Å². The fourth-order valence-electron chi connectivity index (χ4n) is 3.11. The summed E-state index contributed by atoms with van der Waals surface area (Å²) < 4.78 is 13.0. The Morgan fingerprint density at radius 3 is 2.83 bits per heavy atom. The van der Waals surface area contributed by atoms with Gasteiger partial charge >= 0.3 is 0 Å². The molecule has 0 unspecified atom stereocenters. The summed E-state index contributed by atoms with van der Waals surface area (Å²) >= 11 is 3.29. The predicted octanol–water partition coefficient (Wildman–Crippen LogP) is 2.49. The van der Waals surface area contributed by atoms with Gasteiger partial charge in [-0.1, -0.05) is 17.8 Å². The van der Waals surface area contributed by atoms with Crippen LogP contribution in [0.1, 0.15) is 4.88 Å². The number of thiophene rings is 1. The minimum absolute atomic E-state index is 0. The van der Waals surface area contributed by atoms with E-state index >= 15 is 0 Å². The first-order valence-corrected chi connectivity index (χ1v) is 8.78. The second-order valence-electron chi connectivity index (χ2n) is 5.44. The van der Waals surface area contributed by atoms with E-state index in [1.165, 1.54) is 17.3 Å². The van der Waals surface area contributed by atoms with Crippen LogP contribution in [-0.4, -0.2) is 34.0 Å². The first-order chi connectivity index (χ1) is 10.7. The third-order valence-corrected chi connectivity index (χ3v) is 6.12. The first-order valence-electron chi connectivity index (χ1n) is 6.92. The molecule has 2 atom stereocenters. The van der Waals surface area contributed by atoms with E-state index in [0.717, 1.165) is 12.3 Å². The molecule has 2 aromatic heterocycles. The maximum atomic E-state index is 13.0. The van der Waals surface area contributed by atoms with Crippen LogP contribution >= 0.6 is 35.5 Å². The standard InChI is InChI=1S/C14H14FN5S2.ClH/c15-10-4-17-13(18-5-10)20-6-9-7-22-12(16)19-14(9,8-20)11-2-1-3-21-11;/h1-5,9H,6-8H2,(H2,16,19);1H/t9-,14-;/m0./s1. The fraction of sp³-hybridized carbons (Fsp3) is 0.357. The summed E-state index contributed by atoms with van der Waals surface area (Å²) in [5.41, 5.74) is 5.67. The monoisotopic (exact) mass is 371 g/mol. The van der Waals surface area contributed by atoms with Gasteiger partial charge in [0, 0.05) is 23.1 Å². The highest BCUT2D eigenvalue weighted by Gasteiger charge is 2.51. The molecule has 0 aliphatic carbocycles. The second-order valence-corrected chi connectivity index (χ2v) is 7.43. The Labute approximate surface area is 147 Å². The molecule has 4 heterocycles. The molecule has 0 saturated carbocycles. The molecule has 2 N–H and O–H groups in total. The summed E-state index contributed by atoms with van der Waals surface area (Å²) in [7, 11) is 0. The largest absolute Gasteiger partial charge is 0.379 e. The number of nitrogens with two attached hydrogens (primary N) is 1. The van der Waals surface area contributed by atoms with E-state index in [1.807, 2.05) is 6.07 Å². The van der Waals surface area contributed by atoms with Gasteiger partial charge in [0.25, 0.3) is 0 Å². The van der Waals surface area contributed by atoms with E-state index in [2.05, 4.69) is 26.3 Å². The molecule has 0 bridgehead atoms. The Hall–Kier alpha value is -1.38. The number of anilines is 1. The van der Waals surface area contributed by atoms with Crippen LogP contribution in [0.15, 0.2) is 34.9 Å². The highest BCUT2D eigenvalue weighted by molar-refractivity contribution is 8.13. The Morgan fingerprint density at radius 2 is 2.13 bits per heavy atom. The van der Waals surface area contributed by atoms with Gasteiger partial charge in [0.2, 0.25) is 5.95 Å². The molecule has 1 fully saturated rings. The second kappa shape index (κ2) is 6.26. The third-order valence-electron chi connectivity index (χ3n) is 4.13. The van der Waals surface area contributed by atoms with Crippen molar-refractivity contribution in [3.63, 3.8) is 0 Å². The van der Waals surface area contributed by atoms with Crippen molar-refractivity contribution >= 4 is 46.6 Å². The van der Waals surface area contributed by atoms with Crippen LogP contribution < -0.4 is 10.6 Å². The molecule has 0 spiro atoms. The van der Waals surface area contributed by atoms with E-state index in [9.17, 15) is 4.39 Å². The quantitative estimate of drug-likeness (QED) is 0.878. The maximum absolute atomic E-state index is 13.0. The number of thioether (sulfide) groups is 1. The van der Waals surface area contributed by atoms with Gasteiger partial charge in [0.1, 0.15) is 5.54 Å². The molecule has 1 saturated heterocycles. The van der Waals surface area contributed by atoms with Gasteiger partial charge in [0.15, 0.2) is 11.0 Å². The molecular weight excluding hydrogens is 357 g/mol. The summed E-state index contributed by atoms with van der Waals surface area (Å²) in [6.45, 7) is 1.47. The Balaban J connectivity index is 0.00000156. The minimum Gasteiger partial charge on any atom is -0.379 e. The molecule has 0 aromatic carbocycles. The lowest BCUT2D eigenvalue weighted by Gasteiger charge is -2.33. The molecule has 4 rings (SSSR count). The number of hydrogen-bond acceptors (Lipinski definition) is 7. The normalized spacial score (nSPS) is 26.4. The predicted molar refractivity (Wildman–Crippen MR) is 95.0 cm³/mol. The van der Waals surface area contributed by atoms with Crippen LogP contribution in [0.25, 0.3) is 0 Å². The van der Waals surface area contributed by atoms with Crippen LogP contribution in [-0.2, 0) is 5.54 Å². The van der Waals surface area contributed by atoms with E-state index in [-0.39, 0.29) is 17.9 Å². The molecule has 0 amide bonds. The highest BCUT2D eigenvalue weighted by atomic mass is 35.5. The Kier molecular flexibility index (Phi) is 4.48. The molecular formula is C14H15ClFN5S2. The zero-order valence-corrected chi connectivity index (χ0v) is 14.5. The molecule has 2 aliphatic rings. The molecule has 2 aliphatic heterocycles. The average molecular weight is 372 g/mol. The van der Waals surface area contributed by atoms with E-state index in [4.69, 9.17) is 10.7 Å². The van der Waals surface area contributed by atoms with Gasteiger partial charge in [-0.3, -0.25) is 0 Å². The number of fused-ring (bicyclic) bond motifs is 1. The number of rotatable bonds is 2. The number of aromatic nitrogens is 2. The lowest BCUT2D eigenvalue weighted by atomic mass is 9.87. The van der Waals surface area contributed by atoms with Gasteiger partial charge in [-0.15, -0.1) is 23.7 Å². The summed E-state index contributed by atoms with van der Waals surface area (Å²) in [4.78, 5) is 16.3. The molecule has 0 radical (unpaired) electrons. The van der Waals surface area contributed by atoms with Crippen molar-refractivity contribution in [2.45, 2.75) is 5.54 Å². The van der Waals surface area contributed by atoms with Gasteiger partial charge in [0.05, 0.1) is 18.9 Å². The van der Waals surface area contributed by atoms with Crippen molar-refractivity contribution in [1.82, 2.24) is 9.97 Å². The molecule has 9 heteroatoms. The van der Waals surface area contributed by atoms with E-state index in [0.29, 0.717) is 23.6 Å². The maximum Gasteiger partial charge on any atom is 0.225 e. The number of nitrogens with zero attached hydrogens (tertiary/aromatic N) is 4. The summed E-state index contributed by atoms with van der Waals surface area (Å²) in [6.07, 6.45) is 2.41. The molecule has 122 valence electrons. The fourth-order valence-corrected chi connectivity index (χ4v) is 5.04. The third kappa shape index (κ3) is 2.79. The zero-order chi connectivity index (χ0) is 15.2. The summed E-state index contributed by atoms with van der Waals surface area (Å²) in [5, 5.41) is 2.69. The first kappa shape index (κ1) is 16.5. The Bertz CT molecular complexity index is 708. The SMILES string of the molecule is Cl.NC1=N[C@@]2(c3cccs3)CN(c3ncc(F)cn3)C[C@H]2CS1. The number of hydrogen-bond donors (Lipinski definition) is 1. The van der Waals surface area contributed by atoms with Crippen LogP contribution in [0.2, 0.25) is 0 Å². The summed E-state index contributed by atoms with van der Waals surface area (Å²) in [5.74, 6) is 1.39. The Morgan fingerprint density at radius 1 is 1.35 bits per heavy atom. The zero-order valence-electron chi connectivity index (χ0n) is 12.1. The van der Waals surface area contributed by atoms with Crippen LogP contribution in [0.5, 0.6) is 0 Å². The topological polar surface area (TPSA) is 67.4 Å². The lowest BCUT2D eigenvalue weighted by Crippen LogP contribution is -2.39. The number of aliphatic imine (C=N–C) groups is 1. The van der Waals surface area contributed by atoms with Crippen molar-refractivity contribution in [1.29, 1.82) is 0 Å². The van der Waals surface area contributed by atoms with Crippen LogP contribution in [0.4, 0.5) is 10.3 Å².